The lowest BCUT2D eigenvalue weighted by Crippen LogP contribution is -2.45. The van der Waals surface area contributed by atoms with Crippen LogP contribution < -0.4 is 5.73 Å². The number of carbonyl (C=O) groups excluding carboxylic acids is 1. The Kier molecular flexibility index (Phi) is 5.38. The van der Waals surface area contributed by atoms with E-state index in [2.05, 4.69) is 0 Å². The van der Waals surface area contributed by atoms with E-state index in [4.69, 9.17) is 17.3 Å². The van der Waals surface area contributed by atoms with Gasteiger partial charge in [0.25, 0.3) is 5.91 Å². The van der Waals surface area contributed by atoms with Crippen LogP contribution in [0, 0.1) is 5.82 Å². The molecule has 0 radical (unpaired) electrons. The van der Waals surface area contributed by atoms with Crippen LogP contribution in [-0.4, -0.2) is 29.9 Å². The van der Waals surface area contributed by atoms with Crippen molar-refractivity contribution in [3.05, 3.63) is 34.6 Å². The fourth-order valence-corrected chi connectivity index (χ4v) is 2.19. The summed E-state index contributed by atoms with van der Waals surface area (Å²) in [6.07, 6.45) is 1.77. The first kappa shape index (κ1) is 15.2. The molecular weight excluding hydrogens is 278 g/mol. The fraction of sp³-hybridized carbons (Fsp3) is 0.417. The zero-order valence-corrected chi connectivity index (χ0v) is 11.3. The smallest absolute Gasteiger partial charge is 0.256 e. The Morgan fingerprint density at radius 1 is 1.50 bits per heavy atom. The van der Waals surface area contributed by atoms with E-state index in [1.54, 1.807) is 4.90 Å². The standard InChI is InChI=1S/C12H14ClFN2O.ClH/c13-8-3-4-10(11(14)6-8)12(17)16-5-1-2-9(15)7-16;/h3-4,6,9H,1-2,5,7,15H2;1H. The van der Waals surface area contributed by atoms with Crippen LogP contribution in [0.25, 0.3) is 0 Å². The van der Waals surface area contributed by atoms with Crippen LogP contribution in [0.3, 0.4) is 0 Å². The van der Waals surface area contributed by atoms with Crippen molar-refractivity contribution in [1.29, 1.82) is 0 Å². The molecule has 1 aromatic carbocycles. The number of hydrogen-bond donors (Lipinski definition) is 1. The minimum Gasteiger partial charge on any atom is -0.337 e. The van der Waals surface area contributed by atoms with E-state index < -0.39 is 5.82 Å². The van der Waals surface area contributed by atoms with Crippen molar-refractivity contribution in [1.82, 2.24) is 4.90 Å². The van der Waals surface area contributed by atoms with E-state index in [1.807, 2.05) is 0 Å². The van der Waals surface area contributed by atoms with Crippen molar-refractivity contribution in [2.24, 2.45) is 5.73 Å². The summed E-state index contributed by atoms with van der Waals surface area (Å²) in [5, 5.41) is 0.286. The highest BCUT2D eigenvalue weighted by Gasteiger charge is 2.24. The Labute approximate surface area is 116 Å². The zero-order valence-electron chi connectivity index (χ0n) is 9.73. The van der Waals surface area contributed by atoms with E-state index in [-0.39, 0.29) is 34.9 Å². The summed E-state index contributed by atoms with van der Waals surface area (Å²) in [5.41, 5.74) is 5.85. The van der Waals surface area contributed by atoms with Gasteiger partial charge in [-0.2, -0.15) is 0 Å². The van der Waals surface area contributed by atoms with E-state index in [0.717, 1.165) is 18.9 Å². The molecular formula is C12H15Cl2FN2O. The third-order valence-electron chi connectivity index (χ3n) is 2.91. The average Bonchev–Trinajstić information content (AvgIpc) is 2.28. The summed E-state index contributed by atoms with van der Waals surface area (Å²) < 4.78 is 13.6. The number of piperidine rings is 1. The number of halogens is 3. The minimum atomic E-state index is -0.582. The van der Waals surface area contributed by atoms with Crippen LogP contribution in [0.2, 0.25) is 5.02 Å². The van der Waals surface area contributed by atoms with Gasteiger partial charge in [-0.15, -0.1) is 12.4 Å². The van der Waals surface area contributed by atoms with Crippen molar-refractivity contribution in [3.63, 3.8) is 0 Å². The van der Waals surface area contributed by atoms with Crippen molar-refractivity contribution < 1.29 is 9.18 Å². The van der Waals surface area contributed by atoms with E-state index in [9.17, 15) is 9.18 Å². The van der Waals surface area contributed by atoms with Crippen LogP contribution in [0.15, 0.2) is 18.2 Å². The second-order valence-corrected chi connectivity index (χ2v) is 4.71. The molecule has 0 bridgehead atoms. The number of nitrogens with two attached hydrogens (primary N) is 1. The molecule has 0 aliphatic carbocycles. The highest BCUT2D eigenvalue weighted by atomic mass is 35.5. The molecule has 6 heteroatoms. The summed E-state index contributed by atoms with van der Waals surface area (Å²) in [4.78, 5) is 13.7. The third-order valence-corrected chi connectivity index (χ3v) is 3.14. The summed E-state index contributed by atoms with van der Waals surface area (Å²) >= 11 is 5.65. The molecule has 1 atom stereocenters. The molecule has 3 nitrogen and oxygen atoms in total. The predicted octanol–water partition coefficient (Wildman–Crippen LogP) is 2.46. The fourth-order valence-electron chi connectivity index (χ4n) is 2.03. The van der Waals surface area contributed by atoms with Crippen LogP contribution in [0.1, 0.15) is 23.2 Å². The first-order valence-electron chi connectivity index (χ1n) is 5.58. The van der Waals surface area contributed by atoms with Gasteiger partial charge in [0.1, 0.15) is 5.82 Å². The number of nitrogens with zero attached hydrogens (tertiary/aromatic N) is 1. The lowest BCUT2D eigenvalue weighted by Gasteiger charge is -2.30. The van der Waals surface area contributed by atoms with Gasteiger partial charge in [0.15, 0.2) is 0 Å². The highest BCUT2D eigenvalue weighted by molar-refractivity contribution is 6.30. The van der Waals surface area contributed by atoms with Gasteiger partial charge in [-0.3, -0.25) is 4.79 Å². The first-order chi connectivity index (χ1) is 8.08. The van der Waals surface area contributed by atoms with Gasteiger partial charge in [0.05, 0.1) is 5.56 Å². The Morgan fingerprint density at radius 3 is 2.83 bits per heavy atom. The maximum Gasteiger partial charge on any atom is 0.256 e. The molecule has 100 valence electrons. The normalized spacial score (nSPS) is 19.3. The topological polar surface area (TPSA) is 46.3 Å². The van der Waals surface area contributed by atoms with Crippen LogP contribution >= 0.6 is 24.0 Å². The van der Waals surface area contributed by atoms with Crippen LogP contribution in [0.4, 0.5) is 4.39 Å². The summed E-state index contributed by atoms with van der Waals surface area (Å²) in [6, 6.07) is 4.07. The SMILES string of the molecule is Cl.NC1CCCN(C(=O)c2ccc(Cl)cc2F)C1. The maximum absolute atomic E-state index is 13.6. The second kappa shape index (κ2) is 6.36. The lowest BCUT2D eigenvalue weighted by atomic mass is 10.1. The number of rotatable bonds is 1. The van der Waals surface area contributed by atoms with Gasteiger partial charge < -0.3 is 10.6 Å². The second-order valence-electron chi connectivity index (χ2n) is 4.28. The molecule has 1 aliphatic heterocycles. The molecule has 1 aliphatic rings. The van der Waals surface area contributed by atoms with Crippen LogP contribution in [-0.2, 0) is 0 Å². The Balaban J connectivity index is 0.00000162. The number of amides is 1. The van der Waals surface area contributed by atoms with Crippen molar-refractivity contribution in [2.45, 2.75) is 18.9 Å². The van der Waals surface area contributed by atoms with Gasteiger partial charge in [-0.1, -0.05) is 11.6 Å². The molecule has 1 amide bonds. The lowest BCUT2D eigenvalue weighted by molar-refractivity contribution is 0.0704. The van der Waals surface area contributed by atoms with Crippen LogP contribution in [0.5, 0.6) is 0 Å². The number of likely N-dealkylation sites (tertiary alicyclic amines) is 1. The molecule has 0 saturated carbocycles. The minimum absolute atomic E-state index is 0. The van der Waals surface area contributed by atoms with Crippen molar-refractivity contribution in [3.8, 4) is 0 Å². The average molecular weight is 293 g/mol. The molecule has 2 rings (SSSR count). The Bertz CT molecular complexity index is 442. The third kappa shape index (κ3) is 3.34. The molecule has 1 unspecified atom stereocenters. The molecule has 18 heavy (non-hydrogen) atoms. The quantitative estimate of drug-likeness (QED) is 0.864. The molecule has 0 spiro atoms. The van der Waals surface area contributed by atoms with E-state index in [1.165, 1.54) is 12.1 Å². The maximum atomic E-state index is 13.6. The molecule has 1 fully saturated rings. The van der Waals surface area contributed by atoms with Gasteiger partial charge in [-0.05, 0) is 31.0 Å². The van der Waals surface area contributed by atoms with Gasteiger partial charge in [0.2, 0.25) is 0 Å². The van der Waals surface area contributed by atoms with Crippen molar-refractivity contribution in [2.75, 3.05) is 13.1 Å². The highest BCUT2D eigenvalue weighted by Crippen LogP contribution is 2.18. The first-order valence-corrected chi connectivity index (χ1v) is 5.95. The number of carbonyl (C=O) groups is 1. The van der Waals surface area contributed by atoms with Gasteiger partial charge in [-0.25, -0.2) is 4.39 Å². The summed E-state index contributed by atoms with van der Waals surface area (Å²) in [7, 11) is 0. The molecule has 1 aromatic rings. The molecule has 0 aromatic heterocycles. The Hall–Kier alpha value is -0.840. The van der Waals surface area contributed by atoms with Gasteiger partial charge in [0, 0.05) is 24.2 Å². The molecule has 1 saturated heterocycles. The monoisotopic (exact) mass is 292 g/mol. The number of benzene rings is 1. The van der Waals surface area contributed by atoms with Gasteiger partial charge >= 0.3 is 0 Å². The predicted molar refractivity (Wildman–Crippen MR) is 71.8 cm³/mol. The van der Waals surface area contributed by atoms with E-state index >= 15 is 0 Å². The summed E-state index contributed by atoms with van der Waals surface area (Å²) in [5.74, 6) is -0.893. The van der Waals surface area contributed by atoms with E-state index in [0.29, 0.717) is 13.1 Å². The molecule has 2 N–H and O–H groups in total. The summed E-state index contributed by atoms with van der Waals surface area (Å²) in [6.45, 7) is 1.12. The Morgan fingerprint density at radius 2 is 2.22 bits per heavy atom. The van der Waals surface area contributed by atoms with Crippen molar-refractivity contribution >= 4 is 29.9 Å². The largest absolute Gasteiger partial charge is 0.337 e. The molecule has 1 heterocycles. The number of hydrogen-bond acceptors (Lipinski definition) is 2. The zero-order chi connectivity index (χ0) is 12.4.